The number of hydrazone groups is 1. The maximum Gasteiger partial charge on any atom is 0.431 e. The van der Waals surface area contributed by atoms with Crippen LogP contribution in [0, 0.1) is 5.92 Å². The van der Waals surface area contributed by atoms with E-state index in [9.17, 15) is 23.1 Å². The Kier molecular flexibility index (Phi) is 6.93. The van der Waals surface area contributed by atoms with Gasteiger partial charge >= 0.3 is 12.1 Å². The highest BCUT2D eigenvalue weighted by molar-refractivity contribution is 6.30. The Morgan fingerprint density at radius 2 is 1.68 bits per heavy atom. The minimum atomic E-state index is -4.62. The molecular formula is C24H25ClF3N3O3. The molecule has 4 rings (SSSR count). The van der Waals surface area contributed by atoms with Gasteiger partial charge in [0.2, 0.25) is 0 Å². The average Bonchev–Trinajstić information content (AvgIpc) is 3.11. The van der Waals surface area contributed by atoms with Crippen LogP contribution < -0.4 is 14.6 Å². The van der Waals surface area contributed by atoms with Crippen LogP contribution in [0.3, 0.4) is 0 Å². The molecule has 0 bridgehead atoms. The number of carboxylic acids is 1. The van der Waals surface area contributed by atoms with Crippen LogP contribution in [0.5, 0.6) is 5.75 Å². The zero-order valence-corrected chi connectivity index (χ0v) is 19.3. The van der Waals surface area contributed by atoms with E-state index in [0.29, 0.717) is 16.5 Å². The zero-order chi connectivity index (χ0) is 24.5. The normalized spacial score (nSPS) is 21.5. The molecular weight excluding hydrogens is 471 g/mol. The van der Waals surface area contributed by atoms with Crippen molar-refractivity contribution in [1.29, 1.82) is 0 Å². The van der Waals surface area contributed by atoms with Gasteiger partial charge < -0.3 is 14.7 Å². The SMILES string of the molecule is C[C@@H]1C(C(F)(F)F)=NN(c2ccc(OC3CCN(c4ccc(Cl)cc4)CC3)cc2)[C@H]1CC(=O)O. The Bertz CT molecular complexity index is 1040. The van der Waals surface area contributed by atoms with E-state index in [4.69, 9.17) is 16.3 Å². The van der Waals surface area contributed by atoms with Gasteiger partial charge in [0.05, 0.1) is 18.2 Å². The monoisotopic (exact) mass is 495 g/mol. The molecule has 2 heterocycles. The second-order valence-electron chi connectivity index (χ2n) is 8.56. The fraction of sp³-hybridized carbons (Fsp3) is 0.417. The van der Waals surface area contributed by atoms with Gasteiger partial charge in [-0.15, -0.1) is 0 Å². The predicted octanol–water partition coefficient (Wildman–Crippen LogP) is 5.61. The number of nitrogens with zero attached hydrogens (tertiary/aromatic N) is 3. The fourth-order valence-electron chi connectivity index (χ4n) is 4.44. The van der Waals surface area contributed by atoms with Crippen LogP contribution in [0.2, 0.25) is 5.02 Å². The zero-order valence-electron chi connectivity index (χ0n) is 18.5. The molecule has 34 heavy (non-hydrogen) atoms. The largest absolute Gasteiger partial charge is 0.490 e. The summed E-state index contributed by atoms with van der Waals surface area (Å²) < 4.78 is 46.2. The van der Waals surface area contributed by atoms with Gasteiger partial charge in [-0.05, 0) is 48.5 Å². The Morgan fingerprint density at radius 1 is 1.09 bits per heavy atom. The maximum atomic E-state index is 13.4. The lowest BCUT2D eigenvalue weighted by Crippen LogP contribution is -2.38. The number of ether oxygens (including phenoxy) is 1. The lowest BCUT2D eigenvalue weighted by molar-refractivity contribution is -0.137. The van der Waals surface area contributed by atoms with Crippen molar-refractivity contribution in [3.05, 3.63) is 53.6 Å². The van der Waals surface area contributed by atoms with Crippen LogP contribution >= 0.6 is 11.6 Å². The van der Waals surface area contributed by atoms with E-state index in [-0.39, 0.29) is 6.10 Å². The summed E-state index contributed by atoms with van der Waals surface area (Å²) in [6.45, 7) is 3.03. The minimum absolute atomic E-state index is 0.0239. The van der Waals surface area contributed by atoms with Gasteiger partial charge in [0, 0.05) is 42.6 Å². The second-order valence-corrected chi connectivity index (χ2v) is 8.99. The molecule has 6 nitrogen and oxygen atoms in total. The molecule has 182 valence electrons. The number of hydrogen-bond acceptors (Lipinski definition) is 5. The van der Waals surface area contributed by atoms with E-state index in [2.05, 4.69) is 10.0 Å². The van der Waals surface area contributed by atoms with Crippen LogP contribution in [0.25, 0.3) is 0 Å². The first-order chi connectivity index (χ1) is 16.1. The molecule has 10 heteroatoms. The third-order valence-electron chi connectivity index (χ3n) is 6.25. The number of alkyl halides is 3. The van der Waals surface area contributed by atoms with Gasteiger partial charge in [-0.3, -0.25) is 9.80 Å². The molecule has 2 aliphatic heterocycles. The van der Waals surface area contributed by atoms with Gasteiger partial charge in [0.15, 0.2) is 0 Å². The molecule has 2 aromatic rings. The third kappa shape index (κ3) is 5.41. The quantitative estimate of drug-likeness (QED) is 0.564. The highest BCUT2D eigenvalue weighted by Crippen LogP contribution is 2.37. The van der Waals surface area contributed by atoms with Crippen molar-refractivity contribution in [2.45, 2.75) is 44.5 Å². The molecule has 1 fully saturated rings. The molecule has 0 aliphatic carbocycles. The van der Waals surface area contributed by atoms with Crippen molar-refractivity contribution in [1.82, 2.24) is 0 Å². The number of anilines is 2. The molecule has 0 aromatic heterocycles. The molecule has 1 saturated heterocycles. The Balaban J connectivity index is 1.40. The first-order valence-electron chi connectivity index (χ1n) is 11.1. The molecule has 0 saturated carbocycles. The van der Waals surface area contributed by atoms with Crippen LogP contribution in [-0.4, -0.2) is 48.2 Å². The summed E-state index contributed by atoms with van der Waals surface area (Å²) >= 11 is 5.96. The van der Waals surface area contributed by atoms with Gasteiger partial charge in [-0.25, -0.2) is 0 Å². The van der Waals surface area contributed by atoms with Crippen LogP contribution in [0.15, 0.2) is 53.6 Å². The number of halogens is 4. The van der Waals surface area contributed by atoms with E-state index in [0.717, 1.165) is 36.6 Å². The average molecular weight is 496 g/mol. The number of aliphatic carboxylic acids is 1. The summed E-state index contributed by atoms with van der Waals surface area (Å²) in [5.74, 6) is -1.63. The summed E-state index contributed by atoms with van der Waals surface area (Å²) in [7, 11) is 0. The van der Waals surface area contributed by atoms with E-state index in [1.807, 2.05) is 24.3 Å². The van der Waals surface area contributed by atoms with Crippen LogP contribution in [-0.2, 0) is 4.79 Å². The van der Waals surface area contributed by atoms with Crippen molar-refractivity contribution in [2.24, 2.45) is 11.0 Å². The Labute approximate surface area is 200 Å². The molecule has 2 aliphatic rings. The topological polar surface area (TPSA) is 65.4 Å². The number of piperidine rings is 1. The van der Waals surface area contributed by atoms with Crippen molar-refractivity contribution < 1.29 is 27.8 Å². The van der Waals surface area contributed by atoms with Crippen molar-refractivity contribution >= 4 is 34.7 Å². The number of rotatable bonds is 6. The predicted molar refractivity (Wildman–Crippen MR) is 125 cm³/mol. The smallest absolute Gasteiger partial charge is 0.431 e. The van der Waals surface area contributed by atoms with Crippen molar-refractivity contribution in [3.8, 4) is 5.75 Å². The summed E-state index contributed by atoms with van der Waals surface area (Å²) in [6, 6.07) is 13.4. The Hall–Kier alpha value is -2.94. The van der Waals surface area contributed by atoms with E-state index < -0.39 is 36.2 Å². The number of hydrogen-bond donors (Lipinski definition) is 1. The summed E-state index contributed by atoms with van der Waals surface area (Å²) in [5.41, 5.74) is 0.538. The molecule has 2 aromatic carbocycles. The van der Waals surface area contributed by atoms with Gasteiger partial charge in [0.1, 0.15) is 17.6 Å². The molecule has 0 spiro atoms. The first-order valence-corrected chi connectivity index (χ1v) is 11.4. The molecule has 0 amide bonds. The fourth-order valence-corrected chi connectivity index (χ4v) is 4.56. The number of carbonyl (C=O) groups is 1. The maximum absolute atomic E-state index is 13.4. The second kappa shape index (κ2) is 9.74. The van der Waals surface area contributed by atoms with Crippen molar-refractivity contribution in [2.75, 3.05) is 23.0 Å². The minimum Gasteiger partial charge on any atom is -0.490 e. The standard InChI is InChI=1S/C24H25ClF3N3O3/c1-15-21(14-22(32)33)31(29-23(15)24(26,27)28)18-6-8-19(9-7-18)34-20-10-12-30(13-11-20)17-4-2-16(25)3-5-17/h2-9,15,20-21H,10-14H2,1H3,(H,32,33)/t15-,21-/m0/s1. The number of carboxylic acid groups (broad SMARTS) is 1. The van der Waals surface area contributed by atoms with Crippen LogP contribution in [0.4, 0.5) is 24.5 Å². The lowest BCUT2D eigenvalue weighted by atomic mass is 9.94. The van der Waals surface area contributed by atoms with E-state index in [1.165, 1.54) is 6.92 Å². The highest BCUT2D eigenvalue weighted by atomic mass is 35.5. The summed E-state index contributed by atoms with van der Waals surface area (Å²) in [5, 5.41) is 14.8. The molecule has 1 N–H and O–H groups in total. The van der Waals surface area contributed by atoms with Gasteiger partial charge in [-0.1, -0.05) is 18.5 Å². The highest BCUT2D eigenvalue weighted by Gasteiger charge is 2.48. The third-order valence-corrected chi connectivity index (χ3v) is 6.50. The van der Waals surface area contributed by atoms with Crippen molar-refractivity contribution in [3.63, 3.8) is 0 Å². The lowest BCUT2D eigenvalue weighted by Gasteiger charge is -2.33. The summed E-state index contributed by atoms with van der Waals surface area (Å²) in [4.78, 5) is 13.5. The van der Waals surface area contributed by atoms with E-state index >= 15 is 0 Å². The molecule has 2 atom stereocenters. The van der Waals surface area contributed by atoms with Gasteiger partial charge in [0.25, 0.3) is 0 Å². The molecule has 0 unspecified atom stereocenters. The van der Waals surface area contributed by atoms with Gasteiger partial charge in [-0.2, -0.15) is 18.3 Å². The molecule has 0 radical (unpaired) electrons. The van der Waals surface area contributed by atoms with E-state index in [1.54, 1.807) is 24.3 Å². The number of benzene rings is 2. The first kappa shape index (κ1) is 24.2. The summed E-state index contributed by atoms with van der Waals surface area (Å²) in [6.07, 6.45) is -3.39. The Morgan fingerprint density at radius 3 is 2.24 bits per heavy atom. The van der Waals surface area contributed by atoms with Crippen LogP contribution in [0.1, 0.15) is 26.2 Å².